The van der Waals surface area contributed by atoms with Crippen molar-refractivity contribution >= 4 is 17.5 Å². The monoisotopic (exact) mass is 585 g/mol. The van der Waals surface area contributed by atoms with E-state index in [4.69, 9.17) is 14.8 Å². The Kier molecular flexibility index (Phi) is 9.28. The van der Waals surface area contributed by atoms with E-state index in [0.717, 1.165) is 94.5 Å². The first-order chi connectivity index (χ1) is 20.9. The minimum absolute atomic E-state index is 0.0400. The number of ether oxygens (including phenoxy) is 1. The first-order valence-corrected chi connectivity index (χ1v) is 16.1. The van der Waals surface area contributed by atoms with Crippen LogP contribution in [0.4, 0.5) is 11.5 Å². The molecule has 1 unspecified atom stereocenters. The van der Waals surface area contributed by atoms with E-state index in [1.165, 1.54) is 42.5 Å². The van der Waals surface area contributed by atoms with Gasteiger partial charge in [0.15, 0.2) is 0 Å². The fraction of sp³-hybridized carbons (Fsp3) is 0.559. The molecule has 2 saturated heterocycles. The fourth-order valence-electron chi connectivity index (χ4n) is 7.03. The van der Waals surface area contributed by atoms with Gasteiger partial charge in [-0.1, -0.05) is 6.07 Å². The van der Waals surface area contributed by atoms with Gasteiger partial charge >= 0.3 is 5.97 Å². The maximum atomic E-state index is 12.7. The van der Waals surface area contributed by atoms with E-state index < -0.39 is 0 Å². The maximum absolute atomic E-state index is 12.7. The van der Waals surface area contributed by atoms with Crippen LogP contribution in [0, 0.1) is 19.8 Å². The third-order valence-electron chi connectivity index (χ3n) is 9.38. The lowest BCUT2D eigenvalue weighted by Gasteiger charge is -2.31. The molecule has 0 radical (unpaired) electrons. The smallest absolute Gasteiger partial charge is 0.306 e. The van der Waals surface area contributed by atoms with Crippen molar-refractivity contribution in [3.8, 4) is 5.69 Å². The van der Waals surface area contributed by atoms with Crippen LogP contribution in [0.3, 0.4) is 0 Å². The lowest BCUT2D eigenvalue weighted by atomic mass is 9.93. The molecule has 0 amide bonds. The number of aryl methyl sites for hydroxylation is 4. The van der Waals surface area contributed by atoms with Crippen LogP contribution in [0.15, 0.2) is 36.4 Å². The number of pyridine rings is 1. The summed E-state index contributed by atoms with van der Waals surface area (Å²) in [6.45, 7) is 12.0. The van der Waals surface area contributed by atoms with E-state index >= 15 is 0 Å². The van der Waals surface area contributed by atoms with E-state index in [-0.39, 0.29) is 11.9 Å². The second kappa shape index (κ2) is 13.5. The van der Waals surface area contributed by atoms with Crippen LogP contribution in [0.5, 0.6) is 0 Å². The average Bonchev–Trinajstić information content (AvgIpc) is 3.64. The highest BCUT2D eigenvalue weighted by molar-refractivity contribution is 5.71. The molecule has 1 aromatic carbocycles. The van der Waals surface area contributed by atoms with Gasteiger partial charge in [-0.15, -0.1) is 0 Å². The highest BCUT2D eigenvalue weighted by atomic mass is 16.5. The van der Waals surface area contributed by atoms with Gasteiger partial charge in [0.05, 0.1) is 24.9 Å². The molecule has 0 aliphatic carbocycles. The predicted molar refractivity (Wildman–Crippen MR) is 171 cm³/mol. The summed E-state index contributed by atoms with van der Waals surface area (Å²) in [7, 11) is 1.49. The minimum atomic E-state index is -0.159. The van der Waals surface area contributed by atoms with Crippen LogP contribution in [0.2, 0.25) is 0 Å². The van der Waals surface area contributed by atoms with Crippen LogP contribution in [-0.4, -0.2) is 85.1 Å². The summed E-state index contributed by atoms with van der Waals surface area (Å²) in [5.41, 5.74) is 8.08. The highest BCUT2D eigenvalue weighted by Crippen LogP contribution is 2.32. The normalized spacial score (nSPS) is 19.6. The van der Waals surface area contributed by atoms with Crippen molar-refractivity contribution in [2.75, 3.05) is 69.7 Å². The van der Waals surface area contributed by atoms with Crippen molar-refractivity contribution in [3.63, 3.8) is 0 Å². The van der Waals surface area contributed by atoms with Crippen LogP contribution in [0.1, 0.15) is 59.8 Å². The van der Waals surface area contributed by atoms with Crippen LogP contribution < -0.4 is 15.5 Å². The predicted octanol–water partition coefficient (Wildman–Crippen LogP) is 4.25. The topological polar surface area (TPSA) is 87.5 Å². The molecule has 230 valence electrons. The molecule has 0 saturated carbocycles. The molecule has 5 heterocycles. The summed E-state index contributed by atoms with van der Waals surface area (Å²) in [5, 5.41) is 11.7. The molecule has 2 atom stereocenters. The number of piperazine rings is 1. The van der Waals surface area contributed by atoms with Gasteiger partial charge in [0.1, 0.15) is 5.82 Å². The third kappa shape index (κ3) is 7.21. The van der Waals surface area contributed by atoms with Crippen molar-refractivity contribution < 1.29 is 9.53 Å². The van der Waals surface area contributed by atoms with Crippen molar-refractivity contribution in [1.82, 2.24) is 25.0 Å². The Bertz CT molecular complexity index is 1410. The van der Waals surface area contributed by atoms with Gasteiger partial charge < -0.3 is 25.2 Å². The summed E-state index contributed by atoms with van der Waals surface area (Å²) in [6, 6.07) is 13.4. The molecule has 2 aromatic heterocycles. The molecule has 6 rings (SSSR count). The van der Waals surface area contributed by atoms with Gasteiger partial charge in [-0.05, 0) is 99.9 Å². The Hall–Kier alpha value is -3.43. The number of carbonyl (C=O) groups is 1. The molecule has 3 aliphatic heterocycles. The van der Waals surface area contributed by atoms with E-state index in [0.29, 0.717) is 12.3 Å². The molecule has 9 heteroatoms. The van der Waals surface area contributed by atoms with Gasteiger partial charge in [0.2, 0.25) is 0 Å². The maximum Gasteiger partial charge on any atom is 0.306 e. The number of nitrogens with zero attached hydrogens (tertiary/aromatic N) is 5. The molecular weight excluding hydrogens is 538 g/mol. The van der Waals surface area contributed by atoms with Crippen molar-refractivity contribution in [2.24, 2.45) is 5.92 Å². The Balaban J connectivity index is 1.19. The van der Waals surface area contributed by atoms with E-state index in [9.17, 15) is 4.79 Å². The van der Waals surface area contributed by atoms with Gasteiger partial charge in [-0.25, -0.2) is 9.67 Å². The number of methoxy groups -OCH3 is 1. The lowest BCUT2D eigenvalue weighted by molar-refractivity contribution is -0.141. The van der Waals surface area contributed by atoms with Gasteiger partial charge in [-0.2, -0.15) is 5.10 Å². The van der Waals surface area contributed by atoms with E-state index in [2.05, 4.69) is 63.8 Å². The average molecular weight is 586 g/mol. The number of hydrogen-bond acceptors (Lipinski definition) is 8. The molecule has 0 bridgehead atoms. The molecule has 3 aromatic rings. The fourth-order valence-corrected chi connectivity index (χ4v) is 7.03. The van der Waals surface area contributed by atoms with Crippen molar-refractivity contribution in [2.45, 2.75) is 58.3 Å². The molecule has 2 fully saturated rings. The van der Waals surface area contributed by atoms with Crippen LogP contribution in [-0.2, 0) is 22.4 Å². The number of nitrogens with one attached hydrogen (secondary N) is 2. The second-order valence-corrected chi connectivity index (χ2v) is 12.6. The first-order valence-electron chi connectivity index (χ1n) is 16.1. The summed E-state index contributed by atoms with van der Waals surface area (Å²) < 4.78 is 7.23. The number of rotatable bonds is 10. The molecule has 2 N–H and O–H groups in total. The van der Waals surface area contributed by atoms with Gasteiger partial charge in [-0.3, -0.25) is 4.79 Å². The number of benzene rings is 1. The van der Waals surface area contributed by atoms with Crippen LogP contribution >= 0.6 is 0 Å². The molecule has 0 spiro atoms. The number of esters is 1. The zero-order valence-corrected chi connectivity index (χ0v) is 26.1. The first kappa shape index (κ1) is 29.6. The number of anilines is 2. The number of carbonyl (C=O) groups excluding carboxylic acids is 1. The number of fused-ring (bicyclic) bond motifs is 1. The summed E-state index contributed by atoms with van der Waals surface area (Å²) in [6.07, 6.45) is 6.02. The zero-order chi connectivity index (χ0) is 29.8. The number of likely N-dealkylation sites (tertiary alicyclic amines) is 1. The van der Waals surface area contributed by atoms with E-state index in [1.807, 2.05) is 11.6 Å². The molecule has 43 heavy (non-hydrogen) atoms. The SMILES string of the molecule is COC(=O)C[C@@H](CN1CCC(CCc2ccc3c(n2)NCCC3)C1)c1cc(N2CCNCC2)cc(-n2nc(C)cc2C)c1. The van der Waals surface area contributed by atoms with Crippen molar-refractivity contribution in [1.29, 1.82) is 0 Å². The highest BCUT2D eigenvalue weighted by Gasteiger charge is 2.28. The Labute approximate surface area is 256 Å². The molecule has 3 aliphatic rings. The zero-order valence-electron chi connectivity index (χ0n) is 26.1. The second-order valence-electron chi connectivity index (χ2n) is 12.6. The summed E-state index contributed by atoms with van der Waals surface area (Å²) >= 11 is 0. The van der Waals surface area contributed by atoms with Crippen molar-refractivity contribution in [3.05, 3.63) is 64.6 Å². The lowest BCUT2D eigenvalue weighted by Crippen LogP contribution is -2.43. The van der Waals surface area contributed by atoms with E-state index in [1.54, 1.807) is 0 Å². The Morgan fingerprint density at radius 1 is 1.07 bits per heavy atom. The number of aromatic nitrogens is 3. The summed E-state index contributed by atoms with van der Waals surface area (Å²) in [4.78, 5) is 22.6. The largest absolute Gasteiger partial charge is 0.469 e. The standard InChI is InChI=1S/C34H47N7O2/c1-24-17-25(2)41(38-24)32-19-28(18-31(21-32)40-15-12-35-13-16-40)29(20-33(42)43-3)23-39-14-10-26(22-39)6-8-30-9-7-27-5-4-11-36-34(27)37-30/h7,9,17-19,21,26,29,35H,4-6,8,10-16,20,22-23H2,1-3H3,(H,36,37)/t26?,29-/m0/s1. The molecular formula is C34H47N7O2. The van der Waals surface area contributed by atoms with Gasteiger partial charge in [0.25, 0.3) is 0 Å². The quantitative estimate of drug-likeness (QED) is 0.342. The number of hydrogen-bond donors (Lipinski definition) is 2. The van der Waals surface area contributed by atoms with Gasteiger partial charge in [0, 0.05) is 68.8 Å². The Morgan fingerprint density at radius 3 is 2.70 bits per heavy atom. The minimum Gasteiger partial charge on any atom is -0.469 e. The third-order valence-corrected chi connectivity index (χ3v) is 9.38. The molecule has 9 nitrogen and oxygen atoms in total. The summed E-state index contributed by atoms with van der Waals surface area (Å²) in [5.74, 6) is 1.61. The Morgan fingerprint density at radius 2 is 1.91 bits per heavy atom. The van der Waals surface area contributed by atoms with Crippen LogP contribution in [0.25, 0.3) is 5.69 Å².